The lowest BCUT2D eigenvalue weighted by Gasteiger charge is -2.28. The van der Waals surface area contributed by atoms with Crippen LogP contribution in [-0.4, -0.2) is 61.7 Å². The Morgan fingerprint density at radius 1 is 1.08 bits per heavy atom. The van der Waals surface area contributed by atoms with Gasteiger partial charge in [-0.25, -0.2) is 23.5 Å². The van der Waals surface area contributed by atoms with Gasteiger partial charge in [0.1, 0.15) is 22.6 Å². The van der Waals surface area contributed by atoms with Crippen molar-refractivity contribution in [3.8, 4) is 28.3 Å². The van der Waals surface area contributed by atoms with E-state index in [1.54, 1.807) is 18.3 Å². The number of fused-ring (bicyclic) bond motifs is 1. The first-order valence-electron chi connectivity index (χ1n) is 16.4. The van der Waals surface area contributed by atoms with E-state index in [4.69, 9.17) is 21.1 Å². The molecule has 5 aromatic rings. The van der Waals surface area contributed by atoms with Crippen LogP contribution in [0.1, 0.15) is 43.6 Å². The minimum atomic E-state index is -2.94. The molecule has 1 saturated heterocycles. The fraction of sp³-hybridized carbons (Fsp3) is 0.361. The van der Waals surface area contributed by atoms with E-state index in [0.717, 1.165) is 20.8 Å². The van der Waals surface area contributed by atoms with Gasteiger partial charge >= 0.3 is 5.69 Å². The zero-order valence-corrected chi connectivity index (χ0v) is 29.9. The third kappa shape index (κ3) is 7.49. The van der Waals surface area contributed by atoms with Crippen molar-refractivity contribution in [3.63, 3.8) is 0 Å². The lowest BCUT2D eigenvalue weighted by molar-refractivity contribution is -0.0281. The number of nitrogens with zero attached hydrogens (tertiary/aromatic N) is 5. The smallest absolute Gasteiger partial charge is 0.330 e. The third-order valence-electron chi connectivity index (χ3n) is 8.71. The van der Waals surface area contributed by atoms with Gasteiger partial charge in [0.2, 0.25) is 5.88 Å². The molecule has 2 atom stereocenters. The molecular weight excluding hydrogens is 684 g/mol. The Bertz CT molecular complexity index is 2180. The molecule has 1 aliphatic heterocycles. The number of benzene rings is 2. The number of rotatable bonds is 9. The Morgan fingerprint density at radius 2 is 1.78 bits per heavy atom. The number of pyridine rings is 1. The molecule has 12 nitrogen and oxygen atoms in total. The summed E-state index contributed by atoms with van der Waals surface area (Å²) in [5.74, 6) is 0.206. The molecule has 6 rings (SSSR count). The van der Waals surface area contributed by atoms with Gasteiger partial charge in [0, 0.05) is 50.1 Å². The number of hydrogen-bond donors (Lipinski definition) is 3. The number of aryl methyl sites for hydroxylation is 1. The number of hydrogen-bond acceptors (Lipinski definition) is 10. The van der Waals surface area contributed by atoms with Crippen molar-refractivity contribution in [1.29, 1.82) is 0 Å². The van der Waals surface area contributed by atoms with E-state index in [9.17, 15) is 23.5 Å². The summed E-state index contributed by atoms with van der Waals surface area (Å²) in [4.78, 5) is 39.1. The molecule has 0 spiro atoms. The van der Waals surface area contributed by atoms with Crippen molar-refractivity contribution in [2.45, 2.75) is 52.3 Å². The van der Waals surface area contributed by atoms with E-state index in [-0.39, 0.29) is 29.4 Å². The Balaban J connectivity index is 0.00000248. The molecule has 2 unspecified atom stereocenters. The number of aliphatic hydroxyl groups is 1. The van der Waals surface area contributed by atoms with Crippen LogP contribution in [-0.2, 0) is 25.4 Å². The lowest BCUT2D eigenvalue weighted by Crippen LogP contribution is -2.46. The summed E-state index contributed by atoms with van der Waals surface area (Å²) in [6.45, 7) is 6.99. The molecule has 1 aliphatic rings. The minimum absolute atomic E-state index is 0.00561. The Morgan fingerprint density at radius 3 is 2.49 bits per heavy atom. The van der Waals surface area contributed by atoms with Gasteiger partial charge in [-0.15, -0.1) is 0 Å². The van der Waals surface area contributed by atoms with E-state index >= 15 is 0 Å². The second kappa shape index (κ2) is 16.1. The van der Waals surface area contributed by atoms with Crippen LogP contribution in [0.3, 0.4) is 0 Å². The highest BCUT2D eigenvalue weighted by atomic mass is 35.5. The average molecular weight is 724 g/mol. The number of ether oxygens (including phenoxy) is 2. The minimum Gasteiger partial charge on any atom is -0.480 e. The van der Waals surface area contributed by atoms with E-state index < -0.39 is 29.5 Å². The predicted octanol–water partition coefficient (Wildman–Crippen LogP) is 5.67. The molecule has 0 saturated carbocycles. The zero-order chi connectivity index (χ0) is 37.0. The van der Waals surface area contributed by atoms with Crippen LogP contribution >= 0.6 is 11.6 Å². The van der Waals surface area contributed by atoms with Crippen LogP contribution in [0.15, 0.2) is 58.3 Å². The summed E-state index contributed by atoms with van der Waals surface area (Å²) >= 11 is 7.03. The van der Waals surface area contributed by atoms with Crippen molar-refractivity contribution in [2.24, 2.45) is 14.1 Å². The molecule has 1 fully saturated rings. The first-order valence-corrected chi connectivity index (χ1v) is 16.8. The van der Waals surface area contributed by atoms with Crippen LogP contribution in [0.25, 0.3) is 33.3 Å². The molecule has 2 aromatic carbocycles. The first-order chi connectivity index (χ1) is 24.5. The number of alkyl halides is 2. The molecular formula is C36H40ClF2N7O5. The molecule has 51 heavy (non-hydrogen) atoms. The molecule has 0 radical (unpaired) electrons. The number of aliphatic hydroxyl groups excluding tert-OH is 1. The van der Waals surface area contributed by atoms with Crippen LogP contribution < -0.4 is 26.6 Å². The quantitative estimate of drug-likeness (QED) is 0.174. The number of methoxy groups -OCH3 is 1. The van der Waals surface area contributed by atoms with Crippen LogP contribution in [0.2, 0.25) is 5.02 Å². The number of nitrogens with one attached hydrogen (secondary N) is 2. The second-order valence-electron chi connectivity index (χ2n) is 11.7. The maximum absolute atomic E-state index is 13.9. The molecule has 4 heterocycles. The lowest BCUT2D eigenvalue weighted by atomic mass is 9.96. The summed E-state index contributed by atoms with van der Waals surface area (Å²) in [7, 11) is 4.23. The summed E-state index contributed by atoms with van der Waals surface area (Å²) < 4.78 is 40.7. The van der Waals surface area contributed by atoms with Gasteiger partial charge in [0.15, 0.2) is 0 Å². The van der Waals surface area contributed by atoms with Crippen molar-refractivity contribution in [1.82, 2.24) is 29.4 Å². The van der Waals surface area contributed by atoms with Gasteiger partial charge in [-0.3, -0.25) is 18.9 Å². The number of aromatic nitrogens is 5. The average Bonchev–Trinajstić information content (AvgIpc) is 3.14. The Hall–Kier alpha value is -4.76. The Labute approximate surface area is 298 Å². The van der Waals surface area contributed by atoms with Gasteiger partial charge in [0.05, 0.1) is 42.3 Å². The van der Waals surface area contributed by atoms with Crippen LogP contribution in [0, 0.1) is 6.92 Å². The molecule has 0 amide bonds. The van der Waals surface area contributed by atoms with Gasteiger partial charge < -0.3 is 25.2 Å². The highest BCUT2D eigenvalue weighted by Gasteiger charge is 2.25. The summed E-state index contributed by atoms with van der Waals surface area (Å²) in [5, 5.41) is 17.0. The molecule has 15 heteroatoms. The van der Waals surface area contributed by atoms with Gasteiger partial charge in [-0.1, -0.05) is 55.8 Å². The summed E-state index contributed by atoms with van der Waals surface area (Å²) in [6.07, 6.45) is -1.28. The predicted molar refractivity (Wildman–Crippen MR) is 193 cm³/mol. The van der Waals surface area contributed by atoms with E-state index in [2.05, 4.69) is 25.6 Å². The zero-order valence-electron chi connectivity index (χ0n) is 29.1. The third-order valence-corrected chi connectivity index (χ3v) is 9.12. The fourth-order valence-corrected chi connectivity index (χ4v) is 6.26. The fourth-order valence-electron chi connectivity index (χ4n) is 5.94. The molecule has 3 aromatic heterocycles. The van der Waals surface area contributed by atoms with E-state index in [1.165, 1.54) is 21.2 Å². The normalized spacial score (nSPS) is 15.8. The van der Waals surface area contributed by atoms with Gasteiger partial charge in [-0.05, 0) is 36.6 Å². The molecule has 0 aliphatic carbocycles. The van der Waals surface area contributed by atoms with Crippen molar-refractivity contribution >= 4 is 34.0 Å². The second-order valence-corrected chi connectivity index (χ2v) is 12.1. The molecule has 0 bridgehead atoms. The molecule has 3 N–H and O–H groups in total. The first kappa shape index (κ1) is 37.5. The molecule has 270 valence electrons. The van der Waals surface area contributed by atoms with E-state index in [1.807, 2.05) is 45.0 Å². The van der Waals surface area contributed by atoms with Gasteiger partial charge in [0.25, 0.3) is 12.0 Å². The Kier molecular flexibility index (Phi) is 11.8. The highest BCUT2D eigenvalue weighted by Crippen LogP contribution is 2.40. The number of anilines is 2. The SMILES string of the molecule is CC.COc1nc(-c2cccc(-c3cccc(Nc4nc(C(F)F)cc5c4c(=O)n(C)c(=O)n5C)c3C)c2Cl)cnc1CNC1CCOCC1O. The maximum Gasteiger partial charge on any atom is 0.330 e. The van der Waals surface area contributed by atoms with Crippen molar-refractivity contribution in [3.05, 3.63) is 91.5 Å². The summed E-state index contributed by atoms with van der Waals surface area (Å²) in [5.41, 5.74) is 2.36. The number of halogens is 3. The van der Waals surface area contributed by atoms with Crippen molar-refractivity contribution in [2.75, 3.05) is 25.6 Å². The largest absolute Gasteiger partial charge is 0.480 e. The van der Waals surface area contributed by atoms with E-state index in [0.29, 0.717) is 64.2 Å². The topological polar surface area (TPSA) is 145 Å². The maximum atomic E-state index is 13.9. The van der Waals surface area contributed by atoms with Gasteiger partial charge in [-0.2, -0.15) is 0 Å². The summed E-state index contributed by atoms with van der Waals surface area (Å²) in [6, 6.07) is 11.8. The monoisotopic (exact) mass is 723 g/mol. The van der Waals surface area contributed by atoms with Crippen molar-refractivity contribution < 1.29 is 23.4 Å². The van der Waals surface area contributed by atoms with Crippen LogP contribution in [0.4, 0.5) is 20.3 Å². The highest BCUT2D eigenvalue weighted by molar-refractivity contribution is 6.36. The standard InChI is InChI=1S/C34H34ClF2N7O5.C2H6/c1-17-18(7-6-10-21(17)40-31-28-26(13-23(41-31)30(36)37)43(2)34(47)44(3)33(28)46)19-8-5-9-20(29(19)35)24-14-39-25(32(42-24)48-4)15-38-22-11-12-49-16-27(22)45;1-2/h5-10,13-14,22,27,30,38,45H,11-12,15-16H2,1-4H3,(H,40,41);1-2H3. The van der Waals surface area contributed by atoms with Crippen LogP contribution in [0.5, 0.6) is 5.88 Å².